The van der Waals surface area contributed by atoms with Crippen LogP contribution in [0.1, 0.15) is 42.1 Å². The van der Waals surface area contributed by atoms with E-state index >= 15 is 0 Å². The van der Waals surface area contributed by atoms with Crippen molar-refractivity contribution in [3.8, 4) is 6.07 Å². The Morgan fingerprint density at radius 1 is 1.42 bits per heavy atom. The first-order valence-corrected chi connectivity index (χ1v) is 11.7. The lowest BCUT2D eigenvalue weighted by Crippen LogP contribution is -2.42. The maximum absolute atomic E-state index is 12.7. The van der Waals surface area contributed by atoms with Crippen LogP contribution in [0.4, 0.5) is 0 Å². The molecule has 8 heteroatoms. The molecular formula is C18H23N3O3S2. The predicted octanol–water partition coefficient (Wildman–Crippen LogP) is 1.88. The van der Waals surface area contributed by atoms with Gasteiger partial charge in [-0.25, -0.2) is 13.4 Å². The highest BCUT2D eigenvalue weighted by atomic mass is 32.2. The van der Waals surface area contributed by atoms with E-state index in [9.17, 15) is 18.5 Å². The van der Waals surface area contributed by atoms with Crippen LogP contribution in [0.3, 0.4) is 0 Å². The Balaban J connectivity index is 1.73. The molecule has 1 aliphatic heterocycles. The summed E-state index contributed by atoms with van der Waals surface area (Å²) in [6.07, 6.45) is 3.45. The standard InChI is InChI=1S/C18H23N3O3S2/c1-3-21(13-7-8-26(23,24)11-13)17(22)10-25-18-15(9-19)12(2)14-5-4-6-16(14)20-18/h13H,3-8,10-11H2,1-2H3/t13-/m1/s1. The van der Waals surface area contributed by atoms with E-state index in [1.807, 2.05) is 13.8 Å². The Labute approximate surface area is 158 Å². The van der Waals surface area contributed by atoms with Gasteiger partial charge in [-0.2, -0.15) is 5.26 Å². The summed E-state index contributed by atoms with van der Waals surface area (Å²) in [5.74, 6) is 0.281. The number of nitrogens with zero attached hydrogens (tertiary/aromatic N) is 3. The summed E-state index contributed by atoms with van der Waals surface area (Å²) in [4.78, 5) is 19.0. The minimum Gasteiger partial charge on any atom is -0.338 e. The fourth-order valence-electron chi connectivity index (χ4n) is 3.85. The van der Waals surface area contributed by atoms with Gasteiger partial charge in [0.15, 0.2) is 9.84 Å². The zero-order valence-corrected chi connectivity index (χ0v) is 16.8. The summed E-state index contributed by atoms with van der Waals surface area (Å²) in [6.45, 7) is 4.31. The summed E-state index contributed by atoms with van der Waals surface area (Å²) in [5, 5.41) is 10.1. The molecule has 0 aromatic carbocycles. The Hall–Kier alpha value is -1.59. The molecule has 6 nitrogen and oxygen atoms in total. The molecule has 140 valence electrons. The Morgan fingerprint density at radius 2 is 2.19 bits per heavy atom. The van der Waals surface area contributed by atoms with Crippen molar-refractivity contribution in [2.75, 3.05) is 23.8 Å². The molecule has 0 radical (unpaired) electrons. The van der Waals surface area contributed by atoms with Crippen molar-refractivity contribution in [1.29, 1.82) is 5.26 Å². The number of thioether (sulfide) groups is 1. The second-order valence-electron chi connectivity index (χ2n) is 6.83. The van der Waals surface area contributed by atoms with Crippen molar-refractivity contribution in [3.63, 3.8) is 0 Å². The molecule has 1 saturated heterocycles. The number of fused-ring (bicyclic) bond motifs is 1. The van der Waals surface area contributed by atoms with Crippen LogP contribution in [0.25, 0.3) is 0 Å². The lowest BCUT2D eigenvalue weighted by Gasteiger charge is -2.26. The number of sulfone groups is 1. The normalized spacial score (nSPS) is 20.6. The number of rotatable bonds is 5. The molecule has 0 saturated carbocycles. The number of carbonyl (C=O) groups is 1. The molecule has 2 heterocycles. The highest BCUT2D eigenvalue weighted by Crippen LogP contribution is 2.32. The highest BCUT2D eigenvalue weighted by Gasteiger charge is 2.34. The number of pyridine rings is 1. The number of amides is 1. The molecule has 0 N–H and O–H groups in total. The van der Waals surface area contributed by atoms with Gasteiger partial charge < -0.3 is 4.90 Å². The largest absolute Gasteiger partial charge is 0.338 e. The van der Waals surface area contributed by atoms with E-state index in [4.69, 9.17) is 0 Å². The van der Waals surface area contributed by atoms with E-state index in [0.29, 0.717) is 23.6 Å². The number of aryl methyl sites for hydroxylation is 1. The van der Waals surface area contributed by atoms with Crippen LogP contribution in [0.2, 0.25) is 0 Å². The molecule has 3 rings (SSSR count). The second kappa shape index (κ2) is 7.57. The predicted molar refractivity (Wildman–Crippen MR) is 101 cm³/mol. The summed E-state index contributed by atoms with van der Waals surface area (Å²) in [7, 11) is -3.03. The monoisotopic (exact) mass is 393 g/mol. The lowest BCUT2D eigenvalue weighted by atomic mass is 10.0. The molecule has 1 fully saturated rings. The van der Waals surface area contributed by atoms with Gasteiger partial charge in [0.05, 0.1) is 22.8 Å². The molecule has 2 aliphatic rings. The van der Waals surface area contributed by atoms with Gasteiger partial charge in [0.25, 0.3) is 0 Å². The first kappa shape index (κ1) is 19.2. The van der Waals surface area contributed by atoms with E-state index in [0.717, 1.165) is 30.5 Å². The van der Waals surface area contributed by atoms with Crippen LogP contribution >= 0.6 is 11.8 Å². The van der Waals surface area contributed by atoms with Gasteiger partial charge in [-0.05, 0) is 50.7 Å². The van der Waals surface area contributed by atoms with E-state index in [1.165, 1.54) is 17.3 Å². The zero-order valence-electron chi connectivity index (χ0n) is 15.1. The van der Waals surface area contributed by atoms with Crippen molar-refractivity contribution >= 4 is 27.5 Å². The topological polar surface area (TPSA) is 91.1 Å². The summed E-state index contributed by atoms with van der Waals surface area (Å²) in [6, 6.07) is 2.01. The average molecular weight is 394 g/mol. The fourth-order valence-corrected chi connectivity index (χ4v) is 6.53. The molecule has 1 amide bonds. The van der Waals surface area contributed by atoms with Crippen LogP contribution in [0.5, 0.6) is 0 Å². The van der Waals surface area contributed by atoms with Crippen molar-refractivity contribution in [2.24, 2.45) is 0 Å². The molecule has 0 spiro atoms. The summed E-state index contributed by atoms with van der Waals surface area (Å²) in [5.41, 5.74) is 3.78. The van der Waals surface area contributed by atoms with Gasteiger partial charge in [0.1, 0.15) is 11.1 Å². The van der Waals surface area contributed by atoms with Crippen molar-refractivity contribution in [2.45, 2.75) is 50.6 Å². The lowest BCUT2D eigenvalue weighted by molar-refractivity contribution is -0.129. The Morgan fingerprint density at radius 3 is 2.81 bits per heavy atom. The summed E-state index contributed by atoms with van der Waals surface area (Å²) < 4.78 is 23.4. The summed E-state index contributed by atoms with van der Waals surface area (Å²) >= 11 is 1.29. The average Bonchev–Trinajstić information content (AvgIpc) is 3.20. The van der Waals surface area contributed by atoms with Crippen LogP contribution in [0, 0.1) is 18.3 Å². The van der Waals surface area contributed by atoms with Crippen LogP contribution in [0.15, 0.2) is 5.03 Å². The van der Waals surface area contributed by atoms with Crippen LogP contribution < -0.4 is 0 Å². The van der Waals surface area contributed by atoms with Crippen molar-refractivity contribution in [3.05, 3.63) is 22.4 Å². The third-order valence-electron chi connectivity index (χ3n) is 5.22. The van der Waals surface area contributed by atoms with E-state index in [2.05, 4.69) is 11.1 Å². The van der Waals surface area contributed by atoms with Gasteiger partial charge >= 0.3 is 0 Å². The maximum Gasteiger partial charge on any atom is 0.233 e. The maximum atomic E-state index is 12.7. The molecule has 26 heavy (non-hydrogen) atoms. The molecule has 0 bridgehead atoms. The van der Waals surface area contributed by atoms with Crippen LogP contribution in [-0.4, -0.2) is 54.1 Å². The SMILES string of the molecule is CCN(C(=O)CSc1nc2c(c(C)c1C#N)CCC2)[C@@H]1CCS(=O)(=O)C1. The second-order valence-corrected chi connectivity index (χ2v) is 10.0. The number of carbonyl (C=O) groups excluding carboxylic acids is 1. The first-order valence-electron chi connectivity index (χ1n) is 8.91. The fraction of sp³-hybridized carbons (Fsp3) is 0.611. The number of hydrogen-bond donors (Lipinski definition) is 0. The number of hydrogen-bond acceptors (Lipinski definition) is 6. The van der Waals surface area contributed by atoms with E-state index in [1.54, 1.807) is 4.90 Å². The van der Waals surface area contributed by atoms with E-state index < -0.39 is 9.84 Å². The van der Waals surface area contributed by atoms with Gasteiger partial charge in [-0.3, -0.25) is 4.79 Å². The minimum atomic E-state index is -3.03. The highest BCUT2D eigenvalue weighted by molar-refractivity contribution is 8.00. The third-order valence-corrected chi connectivity index (χ3v) is 7.93. The van der Waals surface area contributed by atoms with E-state index in [-0.39, 0.29) is 29.2 Å². The molecule has 1 aliphatic carbocycles. The molecule has 1 aromatic rings. The molecule has 0 unspecified atom stereocenters. The minimum absolute atomic E-state index is 0.0525. The number of nitriles is 1. The van der Waals surface area contributed by atoms with Gasteiger partial charge in [0.2, 0.25) is 5.91 Å². The van der Waals surface area contributed by atoms with Crippen molar-refractivity contribution < 1.29 is 13.2 Å². The van der Waals surface area contributed by atoms with Gasteiger partial charge in [-0.15, -0.1) is 0 Å². The third kappa shape index (κ3) is 3.74. The Kier molecular flexibility index (Phi) is 5.58. The van der Waals surface area contributed by atoms with Crippen molar-refractivity contribution in [1.82, 2.24) is 9.88 Å². The smallest absolute Gasteiger partial charge is 0.233 e. The molecule has 1 atom stereocenters. The van der Waals surface area contributed by atoms with Gasteiger partial charge in [-0.1, -0.05) is 11.8 Å². The first-order chi connectivity index (χ1) is 12.4. The van der Waals surface area contributed by atoms with Crippen LogP contribution in [-0.2, 0) is 27.5 Å². The zero-order chi connectivity index (χ0) is 18.9. The Bertz CT molecular complexity index is 875. The quantitative estimate of drug-likeness (QED) is 0.710. The van der Waals surface area contributed by atoms with Gasteiger partial charge in [0, 0.05) is 18.3 Å². The molecule has 1 aromatic heterocycles. The molecular weight excluding hydrogens is 370 g/mol. The number of aromatic nitrogens is 1.